The highest BCUT2D eigenvalue weighted by atomic mass is 35.5. The molecule has 2 aromatic carbocycles. The van der Waals surface area contributed by atoms with Gasteiger partial charge in [-0.15, -0.1) is 0 Å². The van der Waals surface area contributed by atoms with E-state index in [-0.39, 0.29) is 0 Å². The van der Waals surface area contributed by atoms with Gasteiger partial charge in [0.1, 0.15) is 5.75 Å². The molecule has 0 spiro atoms. The number of aromatic nitrogens is 1. The number of carbonyl (C=O) groups excluding carboxylic acids is 2. The van der Waals surface area contributed by atoms with Crippen molar-refractivity contribution in [1.29, 1.82) is 0 Å². The Balaban J connectivity index is 1.68. The molecular formula is C22H19Cl3N4O3. The van der Waals surface area contributed by atoms with Gasteiger partial charge in [-0.3, -0.25) is 9.59 Å². The first-order valence-corrected chi connectivity index (χ1v) is 10.5. The molecule has 7 nitrogen and oxygen atoms in total. The Kier molecular flexibility index (Phi) is 7.45. The van der Waals surface area contributed by atoms with E-state index >= 15 is 0 Å². The summed E-state index contributed by atoms with van der Waals surface area (Å²) in [5.74, 6) is -1.35. The molecule has 0 aliphatic rings. The Morgan fingerprint density at radius 3 is 2.38 bits per heavy atom. The number of aryl methyl sites for hydroxylation is 1. The van der Waals surface area contributed by atoms with E-state index in [0.29, 0.717) is 26.5 Å². The highest BCUT2D eigenvalue weighted by Crippen LogP contribution is 2.28. The minimum atomic E-state index is -0.925. The van der Waals surface area contributed by atoms with Crippen molar-refractivity contribution >= 4 is 58.5 Å². The summed E-state index contributed by atoms with van der Waals surface area (Å²) in [4.78, 5) is 24.2. The Hall–Kier alpha value is -3.00. The molecule has 0 saturated heterocycles. The van der Waals surface area contributed by atoms with Gasteiger partial charge < -0.3 is 14.6 Å². The first kappa shape index (κ1) is 23.7. The smallest absolute Gasteiger partial charge is 0.329 e. The summed E-state index contributed by atoms with van der Waals surface area (Å²) >= 11 is 18.2. The number of hydrazone groups is 1. The van der Waals surface area contributed by atoms with Crippen LogP contribution in [-0.2, 0) is 9.59 Å². The number of rotatable bonds is 5. The molecule has 10 heteroatoms. The molecule has 166 valence electrons. The predicted octanol–water partition coefficient (Wildman–Crippen LogP) is 5.15. The average Bonchev–Trinajstić information content (AvgIpc) is 3.03. The van der Waals surface area contributed by atoms with Crippen LogP contribution in [0.5, 0.6) is 5.75 Å². The van der Waals surface area contributed by atoms with Crippen LogP contribution in [0.3, 0.4) is 0 Å². The van der Waals surface area contributed by atoms with Crippen molar-refractivity contribution < 1.29 is 14.3 Å². The molecule has 2 N–H and O–H groups in total. The lowest BCUT2D eigenvalue weighted by Gasteiger charge is -2.10. The maximum Gasteiger partial charge on any atom is 0.329 e. The molecule has 3 aromatic rings. The van der Waals surface area contributed by atoms with Gasteiger partial charge in [0.25, 0.3) is 0 Å². The van der Waals surface area contributed by atoms with Crippen molar-refractivity contribution in [1.82, 2.24) is 9.99 Å². The number of hydrogen-bond acceptors (Lipinski definition) is 4. The number of anilines is 1. The summed E-state index contributed by atoms with van der Waals surface area (Å²) in [7, 11) is 1.48. The zero-order valence-electron chi connectivity index (χ0n) is 17.4. The van der Waals surface area contributed by atoms with Gasteiger partial charge in [0.2, 0.25) is 0 Å². The number of nitrogens with one attached hydrogen (secondary N) is 2. The molecule has 1 heterocycles. The van der Waals surface area contributed by atoms with Crippen molar-refractivity contribution in [2.75, 3.05) is 12.4 Å². The van der Waals surface area contributed by atoms with Crippen molar-refractivity contribution in [2.24, 2.45) is 5.10 Å². The van der Waals surface area contributed by atoms with Crippen molar-refractivity contribution in [3.63, 3.8) is 0 Å². The van der Waals surface area contributed by atoms with Crippen LogP contribution in [0.25, 0.3) is 5.69 Å². The van der Waals surface area contributed by atoms with Gasteiger partial charge in [-0.25, -0.2) is 5.43 Å². The van der Waals surface area contributed by atoms with Crippen molar-refractivity contribution in [3.05, 3.63) is 74.5 Å². The summed E-state index contributed by atoms with van der Waals surface area (Å²) in [5, 5.41) is 7.57. The van der Waals surface area contributed by atoms with Crippen molar-refractivity contribution in [3.8, 4) is 11.4 Å². The molecular weight excluding hydrogens is 475 g/mol. The first-order chi connectivity index (χ1) is 15.2. The van der Waals surface area contributed by atoms with Crippen LogP contribution in [0.2, 0.25) is 15.1 Å². The molecule has 3 rings (SSSR count). The Morgan fingerprint density at radius 1 is 0.969 bits per heavy atom. The van der Waals surface area contributed by atoms with Crippen LogP contribution in [0, 0.1) is 13.8 Å². The second-order valence-electron chi connectivity index (χ2n) is 6.76. The number of ether oxygens (including phenoxy) is 1. The minimum absolute atomic E-state index is 0.307. The first-order valence-electron chi connectivity index (χ1n) is 9.33. The fourth-order valence-electron chi connectivity index (χ4n) is 3.08. The molecule has 0 fully saturated rings. The van der Waals surface area contributed by atoms with Crippen LogP contribution in [-0.4, -0.2) is 29.7 Å². The molecule has 32 heavy (non-hydrogen) atoms. The molecule has 1 aromatic heterocycles. The molecule has 0 saturated carbocycles. The molecule has 0 aliphatic carbocycles. The van der Waals surface area contributed by atoms with E-state index < -0.39 is 11.8 Å². The van der Waals surface area contributed by atoms with Gasteiger partial charge in [-0.1, -0.05) is 34.8 Å². The van der Waals surface area contributed by atoms with Gasteiger partial charge in [-0.05, 0) is 56.3 Å². The fraction of sp³-hybridized carbons (Fsp3) is 0.136. The lowest BCUT2D eigenvalue weighted by atomic mass is 10.2. The SMILES string of the molecule is COc1ccc(NC(=O)C(=O)N/N=C\c2cc(C)n(-c3ccc(Cl)c(Cl)c3)c2C)cc1Cl. The third kappa shape index (κ3) is 5.24. The number of carbonyl (C=O) groups is 2. The number of benzene rings is 2. The molecule has 0 atom stereocenters. The van der Waals surface area contributed by atoms with E-state index in [2.05, 4.69) is 15.8 Å². The second kappa shape index (κ2) is 10.1. The summed E-state index contributed by atoms with van der Waals surface area (Å²) in [6, 6.07) is 11.9. The largest absolute Gasteiger partial charge is 0.495 e. The van der Waals surface area contributed by atoms with Crippen LogP contribution in [0.15, 0.2) is 47.6 Å². The average molecular weight is 494 g/mol. The van der Waals surface area contributed by atoms with E-state index in [9.17, 15) is 9.59 Å². The number of halogens is 3. The van der Waals surface area contributed by atoms with Crippen LogP contribution >= 0.6 is 34.8 Å². The summed E-state index contributed by atoms with van der Waals surface area (Å²) in [6.07, 6.45) is 1.46. The maximum atomic E-state index is 12.1. The summed E-state index contributed by atoms with van der Waals surface area (Å²) in [5.41, 5.74) is 5.97. The molecule has 0 unspecified atom stereocenters. The second-order valence-corrected chi connectivity index (χ2v) is 7.98. The third-order valence-corrected chi connectivity index (χ3v) is 5.65. The predicted molar refractivity (Wildman–Crippen MR) is 128 cm³/mol. The molecule has 0 bridgehead atoms. The number of hydrogen-bond donors (Lipinski definition) is 2. The third-order valence-electron chi connectivity index (χ3n) is 4.62. The standard InChI is InChI=1S/C22H19Cl3N4O3/c1-12-8-14(13(2)29(12)16-5-6-17(23)18(24)10-16)11-26-28-22(31)21(30)27-15-4-7-20(32-3)19(25)9-15/h4-11H,1-3H3,(H,27,30)(H,28,31)/b26-11-. The number of nitrogens with zero attached hydrogens (tertiary/aromatic N) is 2. The molecule has 0 radical (unpaired) electrons. The summed E-state index contributed by atoms with van der Waals surface area (Å²) in [6.45, 7) is 3.83. The highest BCUT2D eigenvalue weighted by Gasteiger charge is 2.15. The summed E-state index contributed by atoms with van der Waals surface area (Å²) < 4.78 is 7.03. The van der Waals surface area contributed by atoms with Crippen LogP contribution in [0.1, 0.15) is 17.0 Å². The zero-order valence-corrected chi connectivity index (χ0v) is 19.6. The van der Waals surface area contributed by atoms with Gasteiger partial charge in [0.15, 0.2) is 0 Å². The van der Waals surface area contributed by atoms with Crippen LogP contribution in [0.4, 0.5) is 5.69 Å². The van der Waals surface area contributed by atoms with Crippen molar-refractivity contribution in [2.45, 2.75) is 13.8 Å². The topological polar surface area (TPSA) is 84.7 Å². The van der Waals surface area contributed by atoms with Gasteiger partial charge in [0, 0.05) is 28.3 Å². The monoisotopic (exact) mass is 492 g/mol. The minimum Gasteiger partial charge on any atom is -0.495 e. The van der Waals surface area contributed by atoms with E-state index in [0.717, 1.165) is 22.6 Å². The van der Waals surface area contributed by atoms with Gasteiger partial charge in [0.05, 0.1) is 28.4 Å². The van der Waals surface area contributed by atoms with Crippen LogP contribution < -0.4 is 15.5 Å². The normalized spacial score (nSPS) is 10.9. The zero-order chi connectivity index (χ0) is 23.4. The number of methoxy groups -OCH3 is 1. The van der Waals surface area contributed by atoms with E-state index in [1.165, 1.54) is 19.4 Å². The number of amides is 2. The Bertz CT molecular complexity index is 1220. The molecule has 2 amide bonds. The fourth-order valence-corrected chi connectivity index (χ4v) is 3.63. The Labute approximate surface area is 199 Å². The quantitative estimate of drug-likeness (QED) is 0.293. The van der Waals surface area contributed by atoms with E-state index in [1.54, 1.807) is 24.3 Å². The van der Waals surface area contributed by atoms with Gasteiger partial charge >= 0.3 is 11.8 Å². The maximum absolute atomic E-state index is 12.1. The van der Waals surface area contributed by atoms with E-state index in [4.69, 9.17) is 39.5 Å². The lowest BCUT2D eigenvalue weighted by molar-refractivity contribution is -0.136. The van der Waals surface area contributed by atoms with Gasteiger partial charge in [-0.2, -0.15) is 5.10 Å². The van der Waals surface area contributed by atoms with E-state index in [1.807, 2.05) is 30.5 Å². The molecule has 0 aliphatic heterocycles. The highest BCUT2D eigenvalue weighted by molar-refractivity contribution is 6.42. The lowest BCUT2D eigenvalue weighted by Crippen LogP contribution is -2.32. The Morgan fingerprint density at radius 2 is 1.72 bits per heavy atom.